The molecule has 0 saturated heterocycles. The third-order valence-corrected chi connectivity index (χ3v) is 0.607. The van der Waals surface area contributed by atoms with Gasteiger partial charge in [-0.05, 0) is 0 Å². The molecule has 1 rings (SSSR count). The Bertz CT molecular complexity index is 76.1. The fraction of sp³-hybridized carbons (Fsp3) is 0. The molecule has 0 unspecified atom stereocenters. The fourth-order valence-electron chi connectivity index (χ4n) is 0.342. The molecule has 0 heterocycles. The van der Waals surface area contributed by atoms with Gasteiger partial charge in [-0.3, -0.25) is 0 Å². The summed E-state index contributed by atoms with van der Waals surface area (Å²) >= 11 is 0. The zero-order valence-corrected chi connectivity index (χ0v) is 5.26. The van der Waals surface area contributed by atoms with Crippen LogP contribution in [-0.4, -0.2) is 0 Å². The molecular formula is C6H5Pd+. The summed E-state index contributed by atoms with van der Waals surface area (Å²) in [6.45, 7) is 0. The summed E-state index contributed by atoms with van der Waals surface area (Å²) in [5, 5.41) is 0. The molecule has 0 saturated carbocycles. The second kappa shape index (κ2) is 4.05. The van der Waals surface area contributed by atoms with Gasteiger partial charge in [-0.25, -0.2) is 0 Å². The van der Waals surface area contributed by atoms with Gasteiger partial charge in [0.1, 0.15) is 0 Å². The van der Waals surface area contributed by atoms with Crippen molar-refractivity contribution < 1.29 is 20.4 Å². The maximum Gasteiger partial charge on any atom is 2.00 e. The Kier molecular flexibility index (Phi) is 3.98. The molecule has 0 spiro atoms. The van der Waals surface area contributed by atoms with E-state index < -0.39 is 0 Å². The molecule has 7 heavy (non-hydrogen) atoms. The van der Waals surface area contributed by atoms with Gasteiger partial charge in [0.15, 0.2) is 0 Å². The normalized spacial score (nSPS) is 6.86. The number of hydrogen-bond acceptors (Lipinski definition) is 0. The Balaban J connectivity index is 0.000000360. The fourth-order valence-corrected chi connectivity index (χ4v) is 0.342. The Hall–Kier alpha value is -0.118. The second-order valence-electron chi connectivity index (χ2n) is 1.08. The average Bonchev–Trinajstić information content (AvgIpc) is 1.72. The van der Waals surface area contributed by atoms with Crippen molar-refractivity contribution in [2.24, 2.45) is 0 Å². The van der Waals surface area contributed by atoms with Gasteiger partial charge in [-0.1, -0.05) is 0 Å². The molecule has 0 N–H and O–H groups in total. The van der Waals surface area contributed by atoms with Crippen molar-refractivity contribution in [2.45, 2.75) is 0 Å². The van der Waals surface area contributed by atoms with E-state index in [0.717, 1.165) is 0 Å². The number of benzene rings is 1. The summed E-state index contributed by atoms with van der Waals surface area (Å²) in [5.41, 5.74) is 0. The van der Waals surface area contributed by atoms with Crippen LogP contribution in [0.1, 0.15) is 0 Å². The van der Waals surface area contributed by atoms with Crippen LogP contribution in [0, 0.1) is 6.07 Å². The molecule has 38 valence electrons. The van der Waals surface area contributed by atoms with E-state index in [2.05, 4.69) is 6.07 Å². The first kappa shape index (κ1) is 6.88. The largest absolute Gasteiger partial charge is 2.00 e. The van der Waals surface area contributed by atoms with E-state index in [1.54, 1.807) is 0 Å². The molecule has 0 radical (unpaired) electrons. The first-order valence-electron chi connectivity index (χ1n) is 1.91. The third-order valence-electron chi connectivity index (χ3n) is 0.607. The standard InChI is InChI=1S/C6H5.Pd/c1-2-4-6-5-3-1;/h1-5H;/q-1;+2/i6-2;. The molecule has 1 aromatic carbocycles. The summed E-state index contributed by atoms with van der Waals surface area (Å²) in [4.78, 5) is 0. The molecular weight excluding hydrogens is 176 g/mol. The molecule has 1 aromatic rings. The van der Waals surface area contributed by atoms with Crippen LogP contribution >= 0.6 is 0 Å². The Morgan fingerprint density at radius 1 is 0.857 bits per heavy atom. The summed E-state index contributed by atoms with van der Waals surface area (Å²) in [5.74, 6) is 0. The maximum absolute atomic E-state index is 2.89. The van der Waals surface area contributed by atoms with Crippen molar-refractivity contribution in [1.29, 1.82) is 0 Å². The van der Waals surface area contributed by atoms with E-state index >= 15 is 0 Å². The first-order chi connectivity index (χ1) is 3.00. The van der Waals surface area contributed by atoms with Crippen LogP contribution in [0.2, 0.25) is 0 Å². The van der Waals surface area contributed by atoms with Crippen molar-refractivity contribution >= 4 is 0 Å². The maximum atomic E-state index is 2.89. The minimum Gasteiger partial charge on any atom is -0.184 e. The zero-order chi connectivity index (χ0) is 4.24. The van der Waals surface area contributed by atoms with Gasteiger partial charge in [0.2, 0.25) is 0 Å². The van der Waals surface area contributed by atoms with Crippen LogP contribution in [0.5, 0.6) is 0 Å². The molecule has 0 amide bonds. The van der Waals surface area contributed by atoms with E-state index in [0.29, 0.717) is 0 Å². The molecule has 0 aromatic heterocycles. The van der Waals surface area contributed by atoms with Crippen molar-refractivity contribution in [3.8, 4) is 0 Å². The molecule has 0 aliphatic heterocycles. The SMILES string of the molecule is [Pd+2].c1cc[10c-]cc1. The quantitative estimate of drug-likeness (QED) is 0.420. The topological polar surface area (TPSA) is 0 Å². The van der Waals surface area contributed by atoms with Crippen LogP contribution < -0.4 is 0 Å². The number of rotatable bonds is 0. The van der Waals surface area contributed by atoms with Gasteiger partial charge >= 0.3 is 20.4 Å². The molecule has 0 fully saturated rings. The molecule has 0 atom stereocenters. The van der Waals surface area contributed by atoms with E-state index in [9.17, 15) is 0 Å². The zero-order valence-electron chi connectivity index (χ0n) is 3.70. The first-order valence-corrected chi connectivity index (χ1v) is 1.91. The van der Waals surface area contributed by atoms with Gasteiger partial charge in [0.05, 0.1) is 0 Å². The monoisotopic (exact) mass is 181 g/mol. The minimum absolute atomic E-state index is 0. The van der Waals surface area contributed by atoms with Crippen molar-refractivity contribution in [3.63, 3.8) is 0 Å². The van der Waals surface area contributed by atoms with Crippen molar-refractivity contribution in [1.82, 2.24) is 0 Å². The molecule has 0 aliphatic rings. The molecule has 0 aliphatic carbocycles. The van der Waals surface area contributed by atoms with Crippen LogP contribution in [0.15, 0.2) is 30.3 Å². The van der Waals surface area contributed by atoms with Gasteiger partial charge in [0, 0.05) is 0 Å². The van der Waals surface area contributed by atoms with Crippen LogP contribution in [-0.2, 0) is 20.4 Å². The van der Waals surface area contributed by atoms with Gasteiger partial charge in [-0.15, -0.1) is 0 Å². The van der Waals surface area contributed by atoms with E-state index in [1.807, 2.05) is 30.3 Å². The molecule has 0 bridgehead atoms. The van der Waals surface area contributed by atoms with E-state index in [4.69, 9.17) is 0 Å². The Morgan fingerprint density at radius 3 is 1.57 bits per heavy atom. The second-order valence-corrected chi connectivity index (χ2v) is 1.08. The summed E-state index contributed by atoms with van der Waals surface area (Å²) < 4.78 is 0. The van der Waals surface area contributed by atoms with Crippen LogP contribution in [0.3, 0.4) is 0 Å². The smallest absolute Gasteiger partial charge is 0.184 e. The Labute approximate surface area is 57.2 Å². The predicted octanol–water partition coefficient (Wildman–Crippen LogP) is 1.48. The van der Waals surface area contributed by atoms with Crippen molar-refractivity contribution in [3.05, 3.63) is 36.4 Å². The van der Waals surface area contributed by atoms with Crippen molar-refractivity contribution in [2.75, 3.05) is 0 Å². The summed E-state index contributed by atoms with van der Waals surface area (Å²) in [6.07, 6.45) is 0. The van der Waals surface area contributed by atoms with Gasteiger partial charge in [-0.2, -0.15) is 36.4 Å². The van der Waals surface area contributed by atoms with E-state index in [1.165, 1.54) is 0 Å². The van der Waals surface area contributed by atoms with Gasteiger partial charge < -0.3 is 0 Å². The third kappa shape index (κ3) is 2.56. The summed E-state index contributed by atoms with van der Waals surface area (Å²) in [6, 6.07) is 12.5. The molecule has 1 heteroatoms. The van der Waals surface area contributed by atoms with Crippen LogP contribution in [0.4, 0.5) is 0 Å². The van der Waals surface area contributed by atoms with Crippen LogP contribution in [0.25, 0.3) is 0 Å². The predicted molar refractivity (Wildman–Crippen MR) is 25.3 cm³/mol. The minimum atomic E-state index is 0. The Morgan fingerprint density at radius 2 is 1.43 bits per heavy atom. The number of hydrogen-bond donors (Lipinski definition) is 0. The van der Waals surface area contributed by atoms with E-state index in [-0.39, 0.29) is 20.4 Å². The summed E-state index contributed by atoms with van der Waals surface area (Å²) in [7, 11) is 0. The average molecular weight is 182 g/mol. The van der Waals surface area contributed by atoms with Gasteiger partial charge in [0.25, 0.3) is 0 Å². The molecule has 0 nitrogen and oxygen atoms in total.